The molecule has 2 atom stereocenters. The highest BCUT2D eigenvalue weighted by molar-refractivity contribution is 5.85. The summed E-state index contributed by atoms with van der Waals surface area (Å²) in [6, 6.07) is 12.1. The number of hydrogen-bond acceptors (Lipinski definition) is 3. The van der Waals surface area contributed by atoms with Crippen LogP contribution in [0.25, 0.3) is 0 Å². The lowest BCUT2D eigenvalue weighted by Crippen LogP contribution is -2.52. The number of likely N-dealkylation sites (N-methyl/N-ethyl adjacent to an activating group) is 1. The first-order valence-corrected chi connectivity index (χ1v) is 11.1. The second kappa shape index (κ2) is 10.6. The fraction of sp³-hybridized carbons (Fsp3) is 0.652. The minimum Gasteiger partial charge on any atom is -0.354 e. The van der Waals surface area contributed by atoms with Crippen molar-refractivity contribution in [3.63, 3.8) is 0 Å². The molecule has 1 aliphatic carbocycles. The molecule has 0 spiro atoms. The van der Waals surface area contributed by atoms with Crippen molar-refractivity contribution in [1.29, 1.82) is 0 Å². The summed E-state index contributed by atoms with van der Waals surface area (Å²) >= 11 is 0. The van der Waals surface area contributed by atoms with Crippen LogP contribution in [0.4, 0.5) is 0 Å². The van der Waals surface area contributed by atoms with E-state index < -0.39 is 0 Å². The van der Waals surface area contributed by atoms with Crippen molar-refractivity contribution >= 4 is 11.9 Å². The molecular weight excluding hydrogens is 362 g/mol. The fourth-order valence-electron chi connectivity index (χ4n) is 4.28. The van der Waals surface area contributed by atoms with Gasteiger partial charge in [0.05, 0.1) is 0 Å². The molecule has 1 aliphatic heterocycles. The molecule has 1 amide bonds. The van der Waals surface area contributed by atoms with Gasteiger partial charge in [0.25, 0.3) is 0 Å². The molecule has 0 bridgehead atoms. The number of amides is 1. The van der Waals surface area contributed by atoms with Crippen LogP contribution >= 0.6 is 0 Å². The molecule has 0 aromatic heterocycles. The highest BCUT2D eigenvalue weighted by Gasteiger charge is 2.27. The summed E-state index contributed by atoms with van der Waals surface area (Å²) in [5, 5.41) is 7.21. The van der Waals surface area contributed by atoms with E-state index in [0.717, 1.165) is 31.9 Å². The zero-order chi connectivity index (χ0) is 20.6. The SMILES string of the molecule is CC1CC(NC(=NCC(=O)N(C)C)NC2CCCC2)CCN1Cc1ccccc1. The van der Waals surface area contributed by atoms with Gasteiger partial charge in [-0.15, -0.1) is 0 Å². The molecule has 1 aromatic carbocycles. The van der Waals surface area contributed by atoms with Crippen LogP contribution in [0.1, 0.15) is 51.0 Å². The van der Waals surface area contributed by atoms with Crippen LogP contribution in [0.5, 0.6) is 0 Å². The molecule has 29 heavy (non-hydrogen) atoms. The molecule has 1 saturated carbocycles. The molecule has 0 radical (unpaired) electrons. The Balaban J connectivity index is 1.55. The zero-order valence-corrected chi connectivity index (χ0v) is 18.2. The van der Waals surface area contributed by atoms with Gasteiger partial charge in [0.1, 0.15) is 6.54 Å². The Hall–Kier alpha value is -2.08. The maximum absolute atomic E-state index is 12.0. The molecule has 2 fully saturated rings. The largest absolute Gasteiger partial charge is 0.354 e. The second-order valence-corrected chi connectivity index (χ2v) is 8.75. The third-order valence-electron chi connectivity index (χ3n) is 6.15. The minimum absolute atomic E-state index is 0.0311. The first kappa shape index (κ1) is 21.6. The maximum Gasteiger partial charge on any atom is 0.243 e. The summed E-state index contributed by atoms with van der Waals surface area (Å²) in [7, 11) is 3.55. The van der Waals surface area contributed by atoms with Gasteiger partial charge >= 0.3 is 0 Å². The Kier molecular flexibility index (Phi) is 7.92. The quantitative estimate of drug-likeness (QED) is 0.570. The lowest BCUT2D eigenvalue weighted by Gasteiger charge is -2.38. The number of benzene rings is 1. The predicted molar refractivity (Wildman–Crippen MR) is 119 cm³/mol. The topological polar surface area (TPSA) is 60.0 Å². The lowest BCUT2D eigenvalue weighted by molar-refractivity contribution is -0.127. The average molecular weight is 400 g/mol. The van der Waals surface area contributed by atoms with Gasteiger partial charge in [-0.25, -0.2) is 4.99 Å². The molecule has 1 heterocycles. The van der Waals surface area contributed by atoms with Gasteiger partial charge in [0.15, 0.2) is 5.96 Å². The van der Waals surface area contributed by atoms with Gasteiger partial charge in [-0.1, -0.05) is 43.2 Å². The molecule has 6 heteroatoms. The van der Waals surface area contributed by atoms with Gasteiger partial charge in [0, 0.05) is 45.3 Å². The minimum atomic E-state index is 0.0311. The predicted octanol–water partition coefficient (Wildman–Crippen LogP) is 2.61. The summed E-state index contributed by atoms with van der Waals surface area (Å²) in [5.74, 6) is 0.837. The number of carbonyl (C=O) groups excluding carboxylic acids is 1. The van der Waals surface area contributed by atoms with Gasteiger partial charge in [-0.05, 0) is 38.2 Å². The highest BCUT2D eigenvalue weighted by atomic mass is 16.2. The van der Waals surface area contributed by atoms with E-state index in [1.165, 1.54) is 31.2 Å². The number of aliphatic imine (C=N–C) groups is 1. The molecular formula is C23H37N5O. The van der Waals surface area contributed by atoms with Crippen LogP contribution < -0.4 is 10.6 Å². The van der Waals surface area contributed by atoms with E-state index >= 15 is 0 Å². The molecule has 3 rings (SSSR count). The van der Waals surface area contributed by atoms with E-state index in [9.17, 15) is 4.79 Å². The molecule has 2 aliphatic rings. The van der Waals surface area contributed by atoms with Crippen molar-refractivity contribution < 1.29 is 4.79 Å². The van der Waals surface area contributed by atoms with Crippen LogP contribution in [0.2, 0.25) is 0 Å². The van der Waals surface area contributed by atoms with Crippen molar-refractivity contribution in [1.82, 2.24) is 20.4 Å². The standard InChI is InChI=1S/C23H37N5O/c1-18-15-21(13-14-28(18)17-19-9-5-4-6-10-19)26-23(24-16-22(29)27(2)3)25-20-11-7-8-12-20/h4-6,9-10,18,20-21H,7-8,11-17H2,1-3H3,(H2,24,25,26). The summed E-state index contributed by atoms with van der Waals surface area (Å²) in [6.45, 7) is 4.58. The van der Waals surface area contributed by atoms with E-state index in [-0.39, 0.29) is 12.5 Å². The van der Waals surface area contributed by atoms with Crippen molar-refractivity contribution in [2.45, 2.75) is 70.1 Å². The normalized spacial score (nSPS) is 23.8. The fourth-order valence-corrected chi connectivity index (χ4v) is 4.28. The van der Waals surface area contributed by atoms with E-state index in [4.69, 9.17) is 0 Å². The third kappa shape index (κ3) is 6.74. The van der Waals surface area contributed by atoms with Gasteiger partial charge < -0.3 is 15.5 Å². The number of nitrogens with zero attached hydrogens (tertiary/aromatic N) is 3. The highest BCUT2D eigenvalue weighted by Crippen LogP contribution is 2.21. The van der Waals surface area contributed by atoms with Gasteiger partial charge in [-0.3, -0.25) is 9.69 Å². The number of hydrogen-bond donors (Lipinski definition) is 2. The number of nitrogens with one attached hydrogen (secondary N) is 2. The number of guanidine groups is 1. The second-order valence-electron chi connectivity index (χ2n) is 8.75. The molecule has 2 N–H and O–H groups in total. The van der Waals surface area contributed by atoms with Crippen molar-refractivity contribution in [2.75, 3.05) is 27.2 Å². The monoisotopic (exact) mass is 399 g/mol. The third-order valence-corrected chi connectivity index (χ3v) is 6.15. The number of likely N-dealkylation sites (tertiary alicyclic amines) is 1. The first-order valence-electron chi connectivity index (χ1n) is 11.1. The Labute approximate surface area is 175 Å². The number of piperidine rings is 1. The number of carbonyl (C=O) groups is 1. The number of rotatable bonds is 6. The van der Waals surface area contributed by atoms with Crippen LogP contribution in [0, 0.1) is 0 Å². The summed E-state index contributed by atoms with van der Waals surface area (Å²) in [4.78, 5) is 20.8. The van der Waals surface area contributed by atoms with Crippen LogP contribution in [-0.2, 0) is 11.3 Å². The van der Waals surface area contributed by atoms with E-state index in [1.807, 2.05) is 0 Å². The zero-order valence-electron chi connectivity index (χ0n) is 18.2. The first-order chi connectivity index (χ1) is 14.0. The van der Waals surface area contributed by atoms with Crippen molar-refractivity contribution in [3.8, 4) is 0 Å². The Morgan fingerprint density at radius 1 is 1.10 bits per heavy atom. The average Bonchev–Trinajstić information content (AvgIpc) is 3.21. The van der Waals surface area contributed by atoms with Crippen LogP contribution in [-0.4, -0.2) is 67.0 Å². The molecule has 160 valence electrons. The van der Waals surface area contributed by atoms with Crippen molar-refractivity contribution in [3.05, 3.63) is 35.9 Å². The lowest BCUT2D eigenvalue weighted by atomic mass is 9.97. The molecule has 1 saturated heterocycles. The summed E-state index contributed by atoms with van der Waals surface area (Å²) in [6.07, 6.45) is 7.10. The molecule has 2 unspecified atom stereocenters. The van der Waals surface area contributed by atoms with Gasteiger partial charge in [-0.2, -0.15) is 0 Å². The van der Waals surface area contributed by atoms with E-state index in [0.29, 0.717) is 18.1 Å². The van der Waals surface area contributed by atoms with Crippen LogP contribution in [0.3, 0.4) is 0 Å². The summed E-state index contributed by atoms with van der Waals surface area (Å²) < 4.78 is 0. The van der Waals surface area contributed by atoms with Crippen LogP contribution in [0.15, 0.2) is 35.3 Å². The van der Waals surface area contributed by atoms with E-state index in [2.05, 4.69) is 57.8 Å². The summed E-state index contributed by atoms with van der Waals surface area (Å²) in [5.41, 5.74) is 1.37. The Morgan fingerprint density at radius 3 is 2.45 bits per heavy atom. The molecule has 6 nitrogen and oxygen atoms in total. The molecule has 1 aromatic rings. The van der Waals surface area contributed by atoms with Crippen molar-refractivity contribution in [2.24, 2.45) is 4.99 Å². The Morgan fingerprint density at radius 2 is 1.79 bits per heavy atom. The van der Waals surface area contributed by atoms with E-state index in [1.54, 1.807) is 19.0 Å². The Bertz CT molecular complexity index is 669. The maximum atomic E-state index is 12.0. The smallest absolute Gasteiger partial charge is 0.243 e. The van der Waals surface area contributed by atoms with Gasteiger partial charge in [0.2, 0.25) is 5.91 Å².